The molecule has 0 atom stereocenters. The number of halogens is 3. The molecule has 0 aliphatic carbocycles. The van der Waals surface area contributed by atoms with Crippen LogP contribution in [-0.4, -0.2) is 27.8 Å². The van der Waals surface area contributed by atoms with E-state index in [1.54, 1.807) is 32.0 Å². The van der Waals surface area contributed by atoms with E-state index in [-0.39, 0.29) is 39.9 Å². The van der Waals surface area contributed by atoms with Crippen LogP contribution in [0.15, 0.2) is 36.4 Å². The number of aromatic nitrogens is 1. The van der Waals surface area contributed by atoms with Gasteiger partial charge in [-0.3, -0.25) is 14.4 Å². The molecule has 0 saturated carbocycles. The van der Waals surface area contributed by atoms with E-state index in [4.69, 9.17) is 39.5 Å². The van der Waals surface area contributed by atoms with Crippen LogP contribution in [0.25, 0.3) is 10.9 Å². The molecule has 0 amide bonds. The third-order valence-corrected chi connectivity index (χ3v) is 6.30. The second kappa shape index (κ2) is 8.91. The van der Waals surface area contributed by atoms with Crippen LogP contribution in [0, 0.1) is 5.41 Å². The van der Waals surface area contributed by atoms with E-state index in [2.05, 4.69) is 4.98 Å². The zero-order valence-corrected chi connectivity index (χ0v) is 18.9. The smallest absolute Gasteiger partial charge is 0.328 e. The second-order valence-electron chi connectivity index (χ2n) is 6.96. The molecule has 2 aromatic carbocycles. The van der Waals surface area contributed by atoms with Crippen molar-refractivity contribution in [3.05, 3.63) is 62.7 Å². The highest BCUT2D eigenvalue weighted by Gasteiger charge is 2.45. The fourth-order valence-electron chi connectivity index (χ4n) is 3.31. The zero-order valence-electron chi connectivity index (χ0n) is 16.6. The van der Waals surface area contributed by atoms with Crippen LogP contribution in [0.5, 0.6) is 5.75 Å². The van der Waals surface area contributed by atoms with Gasteiger partial charge < -0.3 is 14.8 Å². The summed E-state index contributed by atoms with van der Waals surface area (Å²) in [7, 11) is 0. The molecule has 9 heteroatoms. The van der Waals surface area contributed by atoms with E-state index in [9.17, 15) is 19.5 Å². The lowest BCUT2D eigenvalue weighted by Crippen LogP contribution is -2.41. The number of H-pyrrole nitrogens is 1. The van der Waals surface area contributed by atoms with E-state index in [0.717, 1.165) is 0 Å². The number of aromatic amines is 1. The predicted octanol–water partition coefficient (Wildman–Crippen LogP) is 6.16. The van der Waals surface area contributed by atoms with Crippen LogP contribution >= 0.6 is 34.8 Å². The maximum Gasteiger partial charge on any atom is 0.328 e. The van der Waals surface area contributed by atoms with E-state index >= 15 is 0 Å². The number of rotatable bonds is 7. The molecular weight excluding hydrogens is 465 g/mol. The standard InChI is InChI=1S/C22H18Cl3NO5/c1-3-22(4-2,20(28)29)21(30)31-19-13-7-6-12(23)10-16(13)26-17(19)18(27)11-5-8-14(24)15(25)9-11/h5-10,26H,3-4H2,1-2H3,(H,28,29). The summed E-state index contributed by atoms with van der Waals surface area (Å²) in [6.07, 6.45) is 0.0594. The van der Waals surface area contributed by atoms with Gasteiger partial charge >= 0.3 is 11.9 Å². The number of aliphatic carboxylic acids is 1. The maximum absolute atomic E-state index is 13.2. The average Bonchev–Trinajstić information content (AvgIpc) is 3.07. The van der Waals surface area contributed by atoms with E-state index in [1.807, 2.05) is 0 Å². The van der Waals surface area contributed by atoms with Crippen LogP contribution in [0.3, 0.4) is 0 Å². The van der Waals surface area contributed by atoms with Gasteiger partial charge in [-0.15, -0.1) is 0 Å². The third-order valence-electron chi connectivity index (χ3n) is 5.32. The minimum atomic E-state index is -1.74. The Bertz CT molecular complexity index is 1200. The first kappa shape index (κ1) is 23.1. The second-order valence-corrected chi connectivity index (χ2v) is 8.21. The fourth-order valence-corrected chi connectivity index (χ4v) is 3.78. The predicted molar refractivity (Wildman–Crippen MR) is 119 cm³/mol. The van der Waals surface area contributed by atoms with Crippen molar-refractivity contribution >= 4 is 63.4 Å². The normalized spacial score (nSPS) is 11.5. The van der Waals surface area contributed by atoms with E-state index < -0.39 is 23.1 Å². The van der Waals surface area contributed by atoms with Gasteiger partial charge in [0.1, 0.15) is 5.69 Å². The van der Waals surface area contributed by atoms with Crippen LogP contribution in [0.2, 0.25) is 15.1 Å². The van der Waals surface area contributed by atoms with Gasteiger partial charge in [-0.05, 0) is 49.2 Å². The molecule has 0 saturated heterocycles. The Kier molecular flexibility index (Phi) is 6.65. The van der Waals surface area contributed by atoms with Crippen molar-refractivity contribution in [1.29, 1.82) is 0 Å². The Morgan fingerprint density at radius 2 is 1.68 bits per heavy atom. The summed E-state index contributed by atoms with van der Waals surface area (Å²) >= 11 is 18.0. The minimum Gasteiger partial charge on any atom is -0.480 e. The van der Waals surface area contributed by atoms with E-state index in [0.29, 0.717) is 15.9 Å². The molecule has 1 heterocycles. The number of carbonyl (C=O) groups is 3. The highest BCUT2D eigenvalue weighted by atomic mass is 35.5. The topological polar surface area (TPSA) is 96.5 Å². The van der Waals surface area contributed by atoms with Crippen LogP contribution in [-0.2, 0) is 9.59 Å². The quantitative estimate of drug-likeness (QED) is 0.239. The number of carboxylic acid groups (broad SMARTS) is 1. The van der Waals surface area contributed by atoms with Gasteiger partial charge in [0.2, 0.25) is 5.78 Å². The summed E-state index contributed by atoms with van der Waals surface area (Å²) < 4.78 is 5.57. The molecule has 162 valence electrons. The summed E-state index contributed by atoms with van der Waals surface area (Å²) in [4.78, 5) is 41.0. The van der Waals surface area contributed by atoms with Gasteiger partial charge in [0.15, 0.2) is 11.2 Å². The first-order valence-corrected chi connectivity index (χ1v) is 10.5. The van der Waals surface area contributed by atoms with Crippen molar-refractivity contribution in [3.8, 4) is 5.75 Å². The lowest BCUT2D eigenvalue weighted by atomic mass is 9.82. The van der Waals surface area contributed by atoms with Gasteiger partial charge in [0, 0.05) is 16.0 Å². The molecule has 0 bridgehead atoms. The molecule has 0 radical (unpaired) electrons. The van der Waals surface area contributed by atoms with Crippen molar-refractivity contribution in [3.63, 3.8) is 0 Å². The maximum atomic E-state index is 13.2. The average molecular weight is 483 g/mol. The number of ether oxygens (including phenoxy) is 1. The Balaban J connectivity index is 2.15. The summed E-state index contributed by atoms with van der Waals surface area (Å²) in [6.45, 7) is 3.19. The largest absolute Gasteiger partial charge is 0.480 e. The Morgan fingerprint density at radius 3 is 2.26 bits per heavy atom. The molecule has 31 heavy (non-hydrogen) atoms. The third kappa shape index (κ3) is 4.15. The van der Waals surface area contributed by atoms with Crippen molar-refractivity contribution in [1.82, 2.24) is 4.98 Å². The van der Waals surface area contributed by atoms with Crippen molar-refractivity contribution in [2.24, 2.45) is 5.41 Å². The lowest BCUT2D eigenvalue weighted by Gasteiger charge is -2.24. The summed E-state index contributed by atoms with van der Waals surface area (Å²) in [5.74, 6) is -2.82. The van der Waals surface area contributed by atoms with E-state index in [1.165, 1.54) is 18.2 Å². The number of hydrogen-bond acceptors (Lipinski definition) is 4. The zero-order chi connectivity index (χ0) is 22.9. The Morgan fingerprint density at radius 1 is 1.00 bits per heavy atom. The highest BCUT2D eigenvalue weighted by Crippen LogP contribution is 2.37. The summed E-state index contributed by atoms with van der Waals surface area (Å²) in [5, 5.41) is 10.9. The highest BCUT2D eigenvalue weighted by molar-refractivity contribution is 6.42. The molecule has 6 nitrogen and oxygen atoms in total. The molecule has 2 N–H and O–H groups in total. The molecule has 3 rings (SSSR count). The SMILES string of the molecule is CCC(CC)(C(=O)O)C(=O)Oc1c(C(=O)c2ccc(Cl)c(Cl)c2)[nH]c2cc(Cl)ccc12. The first-order chi connectivity index (χ1) is 14.6. The minimum absolute atomic E-state index is 0.0297. The number of benzene rings is 2. The fraction of sp³-hybridized carbons (Fsp3) is 0.227. The molecule has 1 aromatic heterocycles. The molecule has 0 aliphatic rings. The number of carbonyl (C=O) groups excluding carboxylic acids is 2. The number of hydrogen-bond donors (Lipinski definition) is 2. The van der Waals surface area contributed by atoms with Crippen molar-refractivity contribution in [2.45, 2.75) is 26.7 Å². The van der Waals surface area contributed by atoms with Crippen molar-refractivity contribution in [2.75, 3.05) is 0 Å². The Hall–Kier alpha value is -2.54. The van der Waals surface area contributed by atoms with Gasteiger partial charge in [-0.2, -0.15) is 0 Å². The molecular formula is C22H18Cl3NO5. The lowest BCUT2D eigenvalue weighted by molar-refractivity contribution is -0.163. The van der Waals surface area contributed by atoms with Gasteiger partial charge in [0.05, 0.1) is 15.6 Å². The van der Waals surface area contributed by atoms with Gasteiger partial charge in [0.25, 0.3) is 0 Å². The molecule has 3 aromatic rings. The first-order valence-electron chi connectivity index (χ1n) is 9.41. The molecule has 0 unspecified atom stereocenters. The van der Waals surface area contributed by atoms with Gasteiger partial charge in [-0.1, -0.05) is 48.7 Å². The summed E-state index contributed by atoms with van der Waals surface area (Å²) in [5.41, 5.74) is -1.11. The number of nitrogens with one attached hydrogen (secondary N) is 1. The number of fused-ring (bicyclic) bond motifs is 1. The molecule has 0 spiro atoms. The number of ketones is 1. The van der Waals surface area contributed by atoms with Crippen LogP contribution in [0.1, 0.15) is 42.7 Å². The Labute approximate surface area is 193 Å². The van der Waals surface area contributed by atoms with Gasteiger partial charge in [-0.25, -0.2) is 0 Å². The molecule has 0 aliphatic heterocycles. The van der Waals surface area contributed by atoms with Crippen LogP contribution in [0.4, 0.5) is 0 Å². The number of esters is 1. The monoisotopic (exact) mass is 481 g/mol. The summed E-state index contributed by atoms with van der Waals surface area (Å²) in [6, 6.07) is 9.10. The molecule has 0 fully saturated rings. The number of carboxylic acids is 1. The van der Waals surface area contributed by atoms with Crippen molar-refractivity contribution < 1.29 is 24.2 Å². The van der Waals surface area contributed by atoms with Crippen LogP contribution < -0.4 is 4.74 Å².